The Bertz CT molecular complexity index is 1640. The summed E-state index contributed by atoms with van der Waals surface area (Å²) in [6.45, 7) is 4.17. The molecule has 5 rings (SSSR count). The molecular weight excluding hydrogens is 613 g/mol. The van der Waals surface area contributed by atoms with Crippen LogP contribution < -0.4 is 14.4 Å². The van der Waals surface area contributed by atoms with Gasteiger partial charge in [0.05, 0.1) is 36.5 Å². The van der Waals surface area contributed by atoms with Gasteiger partial charge in [-0.25, -0.2) is 0 Å². The Morgan fingerprint density at radius 1 is 0.889 bits per heavy atom. The molecular formula is C34H35Cl2N5O4. The SMILES string of the molecule is COc1ccc(-c2ccc(N3CCCN(C(=O)CN(C(=O)c4ccc(Cl)cc4Cl)C(C)c4ccccc4)CC3)nn2)c(OC)c1. The second-order valence-corrected chi connectivity index (χ2v) is 11.6. The van der Waals surface area contributed by atoms with Gasteiger partial charge in [-0.05, 0) is 61.4 Å². The van der Waals surface area contributed by atoms with Crippen LogP contribution in [0.2, 0.25) is 10.0 Å². The van der Waals surface area contributed by atoms with Crippen LogP contribution in [0, 0.1) is 0 Å². The van der Waals surface area contributed by atoms with E-state index in [9.17, 15) is 9.59 Å². The Hall–Kier alpha value is -4.34. The van der Waals surface area contributed by atoms with Crippen LogP contribution in [0.25, 0.3) is 11.3 Å². The van der Waals surface area contributed by atoms with E-state index in [0.717, 1.165) is 23.4 Å². The summed E-state index contributed by atoms with van der Waals surface area (Å²) in [4.78, 5) is 33.1. The molecule has 1 unspecified atom stereocenters. The third kappa shape index (κ3) is 7.49. The lowest BCUT2D eigenvalue weighted by Crippen LogP contribution is -2.45. The molecule has 3 aromatic carbocycles. The smallest absolute Gasteiger partial charge is 0.256 e. The topological polar surface area (TPSA) is 88.1 Å². The highest BCUT2D eigenvalue weighted by Gasteiger charge is 2.29. The lowest BCUT2D eigenvalue weighted by atomic mass is 10.1. The monoisotopic (exact) mass is 647 g/mol. The maximum Gasteiger partial charge on any atom is 0.256 e. The first-order chi connectivity index (χ1) is 21.8. The van der Waals surface area contributed by atoms with Crippen LogP contribution in [0.3, 0.4) is 0 Å². The van der Waals surface area contributed by atoms with E-state index < -0.39 is 0 Å². The lowest BCUT2D eigenvalue weighted by molar-refractivity contribution is -0.132. The summed E-state index contributed by atoms with van der Waals surface area (Å²) >= 11 is 12.5. The fourth-order valence-electron chi connectivity index (χ4n) is 5.40. The molecule has 1 fully saturated rings. The predicted molar refractivity (Wildman–Crippen MR) is 176 cm³/mol. The number of aromatic nitrogens is 2. The maximum atomic E-state index is 13.8. The van der Waals surface area contributed by atoms with Crippen molar-refractivity contribution in [3.63, 3.8) is 0 Å². The molecule has 4 aromatic rings. The van der Waals surface area contributed by atoms with Gasteiger partial charge in [0.1, 0.15) is 18.0 Å². The predicted octanol–water partition coefficient (Wildman–Crippen LogP) is 6.41. The van der Waals surface area contributed by atoms with Crippen molar-refractivity contribution >= 4 is 40.8 Å². The van der Waals surface area contributed by atoms with Gasteiger partial charge in [0.25, 0.3) is 5.91 Å². The number of amides is 2. The van der Waals surface area contributed by atoms with Gasteiger partial charge in [0.15, 0.2) is 5.82 Å². The summed E-state index contributed by atoms with van der Waals surface area (Å²) in [5.74, 6) is 1.60. The van der Waals surface area contributed by atoms with E-state index in [4.69, 9.17) is 32.7 Å². The molecule has 0 bridgehead atoms. The molecule has 0 radical (unpaired) electrons. The van der Waals surface area contributed by atoms with Crippen LogP contribution in [-0.2, 0) is 4.79 Å². The number of carbonyl (C=O) groups is 2. The van der Waals surface area contributed by atoms with E-state index >= 15 is 0 Å². The number of halogens is 2. The summed E-state index contributed by atoms with van der Waals surface area (Å²) in [5.41, 5.74) is 2.71. The van der Waals surface area contributed by atoms with Crippen LogP contribution in [0.4, 0.5) is 5.82 Å². The molecule has 2 amide bonds. The number of carbonyl (C=O) groups excluding carboxylic acids is 2. The molecule has 1 saturated heterocycles. The number of hydrogen-bond donors (Lipinski definition) is 0. The molecule has 0 aliphatic carbocycles. The zero-order valence-electron chi connectivity index (χ0n) is 25.5. The number of rotatable bonds is 9. The normalized spacial score (nSPS) is 14.0. The van der Waals surface area contributed by atoms with Crippen LogP contribution >= 0.6 is 23.2 Å². The van der Waals surface area contributed by atoms with E-state index in [1.54, 1.807) is 31.3 Å². The number of nitrogens with zero attached hydrogens (tertiary/aromatic N) is 5. The van der Waals surface area contributed by atoms with E-state index in [2.05, 4.69) is 15.1 Å². The van der Waals surface area contributed by atoms with Gasteiger partial charge in [-0.15, -0.1) is 10.2 Å². The molecule has 45 heavy (non-hydrogen) atoms. The minimum Gasteiger partial charge on any atom is -0.497 e. The van der Waals surface area contributed by atoms with Crippen LogP contribution in [0.1, 0.15) is 35.3 Å². The van der Waals surface area contributed by atoms with Gasteiger partial charge in [-0.3, -0.25) is 9.59 Å². The third-order valence-electron chi connectivity index (χ3n) is 7.99. The summed E-state index contributed by atoms with van der Waals surface area (Å²) in [7, 11) is 3.21. The molecule has 1 aromatic heterocycles. The number of benzene rings is 3. The first-order valence-corrected chi connectivity index (χ1v) is 15.4. The Kier molecular flexibility index (Phi) is 10.4. The quantitative estimate of drug-likeness (QED) is 0.207. The molecule has 0 saturated carbocycles. The molecule has 1 aliphatic rings. The number of anilines is 1. The molecule has 11 heteroatoms. The standard InChI is InChI=1S/C34H35Cl2N5O4/c1-23(24-8-5-4-6-9-24)41(34(43)27-12-10-25(35)20-29(27)36)22-33(42)40-17-7-16-39(18-19-40)32-15-14-30(37-38-32)28-13-11-26(44-2)21-31(28)45-3/h4-6,8-15,20-21,23H,7,16-19,22H2,1-3H3. The minimum atomic E-state index is -0.365. The van der Waals surface area contributed by atoms with E-state index in [1.807, 2.05) is 72.5 Å². The van der Waals surface area contributed by atoms with Gasteiger partial charge < -0.3 is 24.2 Å². The Labute approximate surface area is 273 Å². The maximum absolute atomic E-state index is 13.8. The van der Waals surface area contributed by atoms with Gasteiger partial charge in [-0.2, -0.15) is 0 Å². The van der Waals surface area contributed by atoms with Gasteiger partial charge in [0, 0.05) is 42.8 Å². The Morgan fingerprint density at radius 2 is 1.69 bits per heavy atom. The Morgan fingerprint density at radius 3 is 2.38 bits per heavy atom. The van der Waals surface area contributed by atoms with Crippen molar-refractivity contribution < 1.29 is 19.1 Å². The van der Waals surface area contributed by atoms with Crippen molar-refractivity contribution in [2.45, 2.75) is 19.4 Å². The fraction of sp³-hybridized carbons (Fsp3) is 0.294. The van der Waals surface area contributed by atoms with Crippen LogP contribution in [0.5, 0.6) is 11.5 Å². The molecule has 0 spiro atoms. The van der Waals surface area contributed by atoms with E-state index in [-0.39, 0.29) is 29.4 Å². The molecule has 1 aliphatic heterocycles. The molecule has 234 valence electrons. The molecule has 0 N–H and O–H groups in total. The average Bonchev–Trinajstić information content (AvgIpc) is 3.33. The van der Waals surface area contributed by atoms with Crippen molar-refractivity contribution in [3.05, 3.63) is 100 Å². The highest BCUT2D eigenvalue weighted by atomic mass is 35.5. The summed E-state index contributed by atoms with van der Waals surface area (Å²) in [5, 5.41) is 9.64. The minimum absolute atomic E-state index is 0.0912. The van der Waals surface area contributed by atoms with Crippen LogP contribution in [-0.4, -0.2) is 78.8 Å². The van der Waals surface area contributed by atoms with Gasteiger partial charge in [-0.1, -0.05) is 53.5 Å². The summed E-state index contributed by atoms with van der Waals surface area (Å²) < 4.78 is 10.8. The van der Waals surface area contributed by atoms with Crippen molar-refractivity contribution in [2.24, 2.45) is 0 Å². The molecule has 1 atom stereocenters. The molecule has 9 nitrogen and oxygen atoms in total. The number of ether oxygens (including phenoxy) is 2. The number of methoxy groups -OCH3 is 2. The first kappa shape index (κ1) is 32.1. The van der Waals surface area contributed by atoms with Gasteiger partial charge >= 0.3 is 0 Å². The second-order valence-electron chi connectivity index (χ2n) is 10.7. The highest BCUT2D eigenvalue weighted by Crippen LogP contribution is 2.32. The summed E-state index contributed by atoms with van der Waals surface area (Å²) in [6.07, 6.45) is 0.743. The van der Waals surface area contributed by atoms with Crippen LogP contribution in [0.15, 0.2) is 78.9 Å². The van der Waals surface area contributed by atoms with Crippen molar-refractivity contribution in [1.82, 2.24) is 20.0 Å². The summed E-state index contributed by atoms with van der Waals surface area (Å²) in [6, 6.07) is 23.4. The van der Waals surface area contributed by atoms with E-state index in [0.29, 0.717) is 54.0 Å². The van der Waals surface area contributed by atoms with Crippen molar-refractivity contribution in [1.29, 1.82) is 0 Å². The molecule has 2 heterocycles. The Balaban J connectivity index is 1.29. The first-order valence-electron chi connectivity index (χ1n) is 14.7. The average molecular weight is 649 g/mol. The highest BCUT2D eigenvalue weighted by molar-refractivity contribution is 6.36. The fourth-order valence-corrected chi connectivity index (χ4v) is 5.89. The largest absolute Gasteiger partial charge is 0.497 e. The third-order valence-corrected chi connectivity index (χ3v) is 8.53. The van der Waals surface area contributed by atoms with Crippen molar-refractivity contribution in [3.8, 4) is 22.8 Å². The lowest BCUT2D eigenvalue weighted by Gasteiger charge is -2.32. The van der Waals surface area contributed by atoms with E-state index in [1.165, 1.54) is 6.07 Å². The second kappa shape index (κ2) is 14.6. The van der Waals surface area contributed by atoms with Crippen molar-refractivity contribution in [2.75, 3.05) is 51.8 Å². The van der Waals surface area contributed by atoms with Gasteiger partial charge in [0.2, 0.25) is 5.91 Å². The number of hydrogen-bond acceptors (Lipinski definition) is 7. The zero-order chi connectivity index (χ0) is 31.9. The zero-order valence-corrected chi connectivity index (χ0v) is 27.0.